The summed E-state index contributed by atoms with van der Waals surface area (Å²) in [6.45, 7) is 5.42. The van der Waals surface area contributed by atoms with Crippen LogP contribution in [0.2, 0.25) is 0 Å². The lowest BCUT2D eigenvalue weighted by molar-refractivity contribution is -0.898. The second-order valence-electron chi connectivity index (χ2n) is 7.53. The fourth-order valence-electron chi connectivity index (χ4n) is 3.87. The van der Waals surface area contributed by atoms with Crippen LogP contribution in [-0.2, 0) is 14.8 Å². The van der Waals surface area contributed by atoms with Crippen molar-refractivity contribution < 1.29 is 18.1 Å². The van der Waals surface area contributed by atoms with Crippen molar-refractivity contribution in [1.82, 2.24) is 9.21 Å². The zero-order valence-corrected chi connectivity index (χ0v) is 16.8. The van der Waals surface area contributed by atoms with Crippen LogP contribution in [0.5, 0.6) is 0 Å². The normalized spacial score (nSPS) is 21.0. The molecule has 6 nitrogen and oxygen atoms in total. The van der Waals surface area contributed by atoms with Gasteiger partial charge in [0.2, 0.25) is 15.9 Å². The predicted molar refractivity (Wildman–Crippen MR) is 107 cm³/mol. The molecule has 2 aliphatic heterocycles. The molecule has 3 rings (SSSR count). The van der Waals surface area contributed by atoms with E-state index in [9.17, 15) is 13.2 Å². The molecule has 1 aromatic carbocycles. The molecule has 1 aromatic rings. The van der Waals surface area contributed by atoms with Crippen LogP contribution in [0, 0.1) is 5.92 Å². The third kappa shape index (κ3) is 5.64. The van der Waals surface area contributed by atoms with Crippen molar-refractivity contribution in [3.63, 3.8) is 0 Å². The molecule has 0 unspecified atom stereocenters. The lowest BCUT2D eigenvalue weighted by atomic mass is 9.96. The number of quaternary nitrogens is 1. The lowest BCUT2D eigenvalue weighted by Gasteiger charge is -2.36. The standard InChI is InChI=1S/C20H29N3O3S/c1-27(25,26)23-12-9-19(10-13-23)20(24)22-16-14-21(15-17-22)11-5-8-18-6-3-2-4-7-18/h2-8,19H,9-17H2,1H3/p+1/b8-5+. The Morgan fingerprint density at radius 2 is 1.74 bits per heavy atom. The second-order valence-corrected chi connectivity index (χ2v) is 9.51. The van der Waals surface area contributed by atoms with E-state index in [4.69, 9.17) is 0 Å². The Morgan fingerprint density at radius 3 is 2.33 bits per heavy atom. The van der Waals surface area contributed by atoms with Crippen LogP contribution in [0.25, 0.3) is 6.08 Å². The molecule has 0 aliphatic carbocycles. The number of rotatable bonds is 5. The average molecular weight is 393 g/mol. The Bertz CT molecular complexity index is 748. The third-order valence-corrected chi connectivity index (χ3v) is 6.87. The van der Waals surface area contributed by atoms with E-state index in [1.54, 1.807) is 0 Å². The van der Waals surface area contributed by atoms with Gasteiger partial charge in [-0.2, -0.15) is 0 Å². The Morgan fingerprint density at radius 1 is 1.11 bits per heavy atom. The number of nitrogens with one attached hydrogen (secondary N) is 1. The van der Waals surface area contributed by atoms with Gasteiger partial charge < -0.3 is 9.80 Å². The van der Waals surface area contributed by atoms with E-state index in [-0.39, 0.29) is 11.8 Å². The van der Waals surface area contributed by atoms with Crippen molar-refractivity contribution in [2.24, 2.45) is 5.92 Å². The number of nitrogens with zero attached hydrogens (tertiary/aromatic N) is 2. The summed E-state index contributed by atoms with van der Waals surface area (Å²) in [5, 5.41) is 0. The topological polar surface area (TPSA) is 62.1 Å². The van der Waals surface area contributed by atoms with Gasteiger partial charge in [0.05, 0.1) is 39.0 Å². The molecule has 7 heteroatoms. The summed E-state index contributed by atoms with van der Waals surface area (Å²) in [6, 6.07) is 10.3. The molecule has 0 atom stereocenters. The van der Waals surface area contributed by atoms with Gasteiger partial charge in [-0.05, 0) is 24.5 Å². The minimum absolute atomic E-state index is 0.0254. The molecule has 1 N–H and O–H groups in total. The number of amides is 1. The van der Waals surface area contributed by atoms with Crippen LogP contribution < -0.4 is 4.90 Å². The Labute approximate surface area is 162 Å². The smallest absolute Gasteiger partial charge is 0.226 e. The van der Waals surface area contributed by atoms with Crippen molar-refractivity contribution in [3.05, 3.63) is 42.0 Å². The summed E-state index contributed by atoms with van der Waals surface area (Å²) in [7, 11) is -3.14. The molecule has 1 amide bonds. The van der Waals surface area contributed by atoms with Crippen LogP contribution in [0.1, 0.15) is 18.4 Å². The molecule has 148 valence electrons. The molecule has 0 saturated carbocycles. The first-order valence-electron chi connectivity index (χ1n) is 9.72. The number of carbonyl (C=O) groups is 1. The highest BCUT2D eigenvalue weighted by atomic mass is 32.2. The van der Waals surface area contributed by atoms with Gasteiger partial charge in [-0.1, -0.05) is 36.4 Å². The maximum absolute atomic E-state index is 12.7. The molecule has 0 bridgehead atoms. The number of benzene rings is 1. The second kappa shape index (κ2) is 8.99. The molecule has 2 heterocycles. The monoisotopic (exact) mass is 392 g/mol. The predicted octanol–water partition coefficient (Wildman–Crippen LogP) is 0.0985. The average Bonchev–Trinajstić information content (AvgIpc) is 2.68. The number of carbonyl (C=O) groups excluding carboxylic acids is 1. The quantitative estimate of drug-likeness (QED) is 0.773. The molecular formula is C20H30N3O3S+. The van der Waals surface area contributed by atoms with Gasteiger partial charge in [0, 0.05) is 19.0 Å². The minimum Gasteiger partial charge on any atom is -0.331 e. The van der Waals surface area contributed by atoms with Gasteiger partial charge in [-0.3, -0.25) is 4.79 Å². The first-order chi connectivity index (χ1) is 12.9. The summed E-state index contributed by atoms with van der Waals surface area (Å²) >= 11 is 0. The number of hydrogen-bond acceptors (Lipinski definition) is 3. The summed E-state index contributed by atoms with van der Waals surface area (Å²) in [5.41, 5.74) is 1.21. The van der Waals surface area contributed by atoms with E-state index in [1.807, 2.05) is 23.1 Å². The van der Waals surface area contributed by atoms with Crippen molar-refractivity contribution >= 4 is 22.0 Å². The van der Waals surface area contributed by atoms with Crippen LogP contribution >= 0.6 is 0 Å². The zero-order valence-electron chi connectivity index (χ0n) is 16.0. The molecular weight excluding hydrogens is 362 g/mol. The SMILES string of the molecule is CS(=O)(=O)N1CCC(C(=O)N2CC[NH+](C/C=C/c3ccccc3)CC2)CC1. The van der Waals surface area contributed by atoms with E-state index in [0.29, 0.717) is 25.9 Å². The van der Waals surface area contributed by atoms with E-state index >= 15 is 0 Å². The highest BCUT2D eigenvalue weighted by molar-refractivity contribution is 7.88. The largest absolute Gasteiger partial charge is 0.331 e. The first kappa shape index (κ1) is 20.0. The maximum atomic E-state index is 12.7. The number of hydrogen-bond donors (Lipinski definition) is 1. The molecule has 0 radical (unpaired) electrons. The lowest BCUT2D eigenvalue weighted by Crippen LogP contribution is -3.14. The van der Waals surface area contributed by atoms with Crippen LogP contribution in [0.15, 0.2) is 36.4 Å². The third-order valence-electron chi connectivity index (χ3n) is 5.57. The fraction of sp³-hybridized carbons (Fsp3) is 0.550. The van der Waals surface area contributed by atoms with Crippen LogP contribution in [0.3, 0.4) is 0 Å². The molecule has 0 spiro atoms. The Balaban J connectivity index is 1.41. The molecule has 2 fully saturated rings. The number of sulfonamides is 1. The van der Waals surface area contributed by atoms with Crippen molar-refractivity contribution in [3.8, 4) is 0 Å². The zero-order chi connectivity index (χ0) is 19.3. The highest BCUT2D eigenvalue weighted by Gasteiger charge is 2.33. The fourth-order valence-corrected chi connectivity index (χ4v) is 4.74. The van der Waals surface area contributed by atoms with Gasteiger partial charge in [0.25, 0.3) is 0 Å². The van der Waals surface area contributed by atoms with Crippen LogP contribution in [0.4, 0.5) is 0 Å². The summed E-state index contributed by atoms with van der Waals surface area (Å²) in [6.07, 6.45) is 6.88. The molecule has 2 saturated heterocycles. The summed E-state index contributed by atoms with van der Waals surface area (Å²) in [5.74, 6) is 0.185. The van der Waals surface area contributed by atoms with E-state index < -0.39 is 10.0 Å². The van der Waals surface area contributed by atoms with Crippen molar-refractivity contribution in [2.75, 3.05) is 52.1 Å². The van der Waals surface area contributed by atoms with E-state index in [1.165, 1.54) is 21.0 Å². The highest BCUT2D eigenvalue weighted by Crippen LogP contribution is 2.21. The summed E-state index contributed by atoms with van der Waals surface area (Å²) in [4.78, 5) is 16.2. The van der Waals surface area contributed by atoms with Crippen molar-refractivity contribution in [1.29, 1.82) is 0 Å². The summed E-state index contributed by atoms with van der Waals surface area (Å²) < 4.78 is 24.7. The minimum atomic E-state index is -3.14. The molecule has 2 aliphatic rings. The van der Waals surface area contributed by atoms with Gasteiger partial charge in [0.15, 0.2) is 0 Å². The number of piperazine rings is 1. The molecule has 0 aromatic heterocycles. The Hall–Kier alpha value is -1.70. The maximum Gasteiger partial charge on any atom is 0.226 e. The number of piperidine rings is 1. The first-order valence-corrected chi connectivity index (χ1v) is 11.6. The van der Waals surface area contributed by atoms with Crippen LogP contribution in [-0.4, -0.2) is 75.6 Å². The van der Waals surface area contributed by atoms with E-state index in [0.717, 1.165) is 32.7 Å². The van der Waals surface area contributed by atoms with Gasteiger partial charge in [-0.25, -0.2) is 12.7 Å². The van der Waals surface area contributed by atoms with Crippen molar-refractivity contribution in [2.45, 2.75) is 12.8 Å². The molecule has 27 heavy (non-hydrogen) atoms. The van der Waals surface area contributed by atoms with E-state index in [2.05, 4.69) is 24.3 Å². The van der Waals surface area contributed by atoms with Gasteiger partial charge >= 0.3 is 0 Å². The van der Waals surface area contributed by atoms with Gasteiger partial charge in [-0.15, -0.1) is 0 Å². The van der Waals surface area contributed by atoms with Gasteiger partial charge in [0.1, 0.15) is 0 Å². The Kier molecular flexibility index (Phi) is 6.68.